The summed E-state index contributed by atoms with van der Waals surface area (Å²) in [6.45, 7) is 0.787. The van der Waals surface area contributed by atoms with Crippen molar-refractivity contribution in [3.63, 3.8) is 0 Å². The van der Waals surface area contributed by atoms with Gasteiger partial charge >= 0.3 is 0 Å². The normalized spacial score (nSPS) is 13.6. The first kappa shape index (κ1) is 9.00. The van der Waals surface area contributed by atoms with Gasteiger partial charge in [-0.05, 0) is 35.5 Å². The van der Waals surface area contributed by atoms with Gasteiger partial charge in [-0.15, -0.1) is 0 Å². The van der Waals surface area contributed by atoms with Gasteiger partial charge in [0, 0.05) is 6.21 Å². The van der Waals surface area contributed by atoms with Crippen LogP contribution < -0.4 is 0 Å². The van der Waals surface area contributed by atoms with Crippen molar-refractivity contribution in [3.05, 3.63) is 35.9 Å². The van der Waals surface area contributed by atoms with Crippen molar-refractivity contribution in [2.75, 3.05) is 6.54 Å². The van der Waals surface area contributed by atoms with E-state index in [2.05, 4.69) is 33.4 Å². The molecule has 0 aromatic heterocycles. The lowest BCUT2D eigenvalue weighted by Gasteiger charge is -1.98. The van der Waals surface area contributed by atoms with Crippen LogP contribution in [0.2, 0.25) is 0 Å². The van der Waals surface area contributed by atoms with Gasteiger partial charge < -0.3 is 0 Å². The van der Waals surface area contributed by atoms with Gasteiger partial charge in [-0.1, -0.05) is 18.2 Å². The average Bonchev–Trinajstić information content (AvgIpc) is 2.72. The van der Waals surface area contributed by atoms with Crippen LogP contribution in [0.3, 0.4) is 0 Å². The fraction of sp³-hybridized carbons (Fsp3) is 0.0909. The molecule has 68 valence electrons. The van der Waals surface area contributed by atoms with Gasteiger partial charge in [0.1, 0.15) is 0 Å². The maximum atomic E-state index is 4.52. The second-order valence-corrected chi connectivity index (χ2v) is 3.09. The van der Waals surface area contributed by atoms with Crippen molar-refractivity contribution in [2.24, 2.45) is 9.98 Å². The van der Waals surface area contributed by atoms with E-state index >= 15 is 0 Å². The topological polar surface area (TPSA) is 24.7 Å². The molecule has 0 atom stereocenters. The molecule has 14 heavy (non-hydrogen) atoms. The standard InChI is InChI=1S/C11H8N2S/c14-8-13-11-3-1-9(2-4-11)10-5-6-12-7-10/h1-5,7H,6H2. The summed E-state index contributed by atoms with van der Waals surface area (Å²) in [5, 5.41) is 2.34. The number of rotatable bonds is 2. The second kappa shape index (κ2) is 4.09. The van der Waals surface area contributed by atoms with Crippen LogP contribution in [0, 0.1) is 0 Å². The van der Waals surface area contributed by atoms with Crippen LogP contribution >= 0.6 is 12.2 Å². The Morgan fingerprint density at radius 1 is 1.29 bits per heavy atom. The summed E-state index contributed by atoms with van der Waals surface area (Å²) in [5.74, 6) is 0. The van der Waals surface area contributed by atoms with E-state index in [1.165, 1.54) is 5.57 Å². The van der Waals surface area contributed by atoms with Crippen LogP contribution in [0.15, 0.2) is 40.3 Å². The Kier molecular flexibility index (Phi) is 2.63. The highest BCUT2D eigenvalue weighted by molar-refractivity contribution is 7.78. The van der Waals surface area contributed by atoms with Crippen molar-refractivity contribution in [3.8, 4) is 0 Å². The smallest absolute Gasteiger partial charge is 0.0739 e. The third-order valence-corrected chi connectivity index (χ3v) is 2.11. The molecule has 0 amide bonds. The Morgan fingerprint density at radius 3 is 2.64 bits per heavy atom. The zero-order valence-electron chi connectivity index (χ0n) is 7.47. The third-order valence-electron chi connectivity index (χ3n) is 2.02. The molecule has 2 rings (SSSR count). The van der Waals surface area contributed by atoms with Crippen LogP contribution in [-0.2, 0) is 0 Å². The second-order valence-electron chi connectivity index (χ2n) is 2.90. The number of benzene rings is 1. The predicted molar refractivity (Wildman–Crippen MR) is 62.5 cm³/mol. The molecular weight excluding hydrogens is 192 g/mol. The Hall–Kier alpha value is -1.57. The molecule has 0 fully saturated rings. The van der Waals surface area contributed by atoms with E-state index in [1.54, 1.807) is 0 Å². The molecule has 3 heteroatoms. The minimum atomic E-state index is 0.787. The number of isothiocyanates is 1. The summed E-state index contributed by atoms with van der Waals surface area (Å²) < 4.78 is 0. The number of hydrogen-bond donors (Lipinski definition) is 0. The zero-order valence-corrected chi connectivity index (χ0v) is 8.29. The maximum Gasteiger partial charge on any atom is 0.0739 e. The van der Waals surface area contributed by atoms with Crippen LogP contribution in [0.1, 0.15) is 5.56 Å². The van der Waals surface area contributed by atoms with Gasteiger partial charge in [-0.2, -0.15) is 4.99 Å². The van der Waals surface area contributed by atoms with E-state index in [4.69, 9.17) is 0 Å². The lowest BCUT2D eigenvalue weighted by Crippen LogP contribution is -1.81. The number of allylic oxidation sites excluding steroid dienone is 1. The predicted octanol–water partition coefficient (Wildman–Crippen LogP) is 2.89. The molecule has 0 spiro atoms. The molecule has 1 heterocycles. The van der Waals surface area contributed by atoms with Crippen LogP contribution in [0.4, 0.5) is 5.69 Å². The summed E-state index contributed by atoms with van der Waals surface area (Å²) in [7, 11) is 0. The molecule has 0 unspecified atom stereocenters. The van der Waals surface area contributed by atoms with Crippen LogP contribution in [0.5, 0.6) is 0 Å². The fourth-order valence-electron chi connectivity index (χ4n) is 1.33. The van der Waals surface area contributed by atoms with Crippen molar-refractivity contribution in [2.45, 2.75) is 0 Å². The SMILES string of the molecule is S=C=Nc1ccc(C2=CCN=C2)cc1. The summed E-state index contributed by atoms with van der Waals surface area (Å²) in [6, 6.07) is 7.85. The van der Waals surface area contributed by atoms with E-state index in [1.807, 2.05) is 30.5 Å². The Balaban J connectivity index is 2.30. The van der Waals surface area contributed by atoms with E-state index in [0.717, 1.165) is 17.8 Å². The van der Waals surface area contributed by atoms with Gasteiger partial charge in [0.25, 0.3) is 0 Å². The summed E-state index contributed by atoms with van der Waals surface area (Å²) in [6.07, 6.45) is 3.98. The molecule has 0 saturated carbocycles. The number of hydrogen-bond acceptors (Lipinski definition) is 3. The van der Waals surface area contributed by atoms with E-state index in [9.17, 15) is 0 Å². The minimum absolute atomic E-state index is 0.787. The molecule has 0 N–H and O–H groups in total. The third kappa shape index (κ3) is 1.84. The lowest BCUT2D eigenvalue weighted by atomic mass is 10.1. The molecule has 0 saturated heterocycles. The minimum Gasteiger partial charge on any atom is -0.288 e. The Morgan fingerprint density at radius 2 is 2.07 bits per heavy atom. The molecule has 1 aliphatic rings. The molecule has 0 radical (unpaired) electrons. The van der Waals surface area contributed by atoms with Crippen molar-refractivity contribution >= 4 is 34.9 Å². The van der Waals surface area contributed by atoms with E-state index in [0.29, 0.717) is 0 Å². The Bertz CT molecular complexity index is 437. The molecule has 0 bridgehead atoms. The zero-order chi connectivity index (χ0) is 9.80. The molecule has 1 aromatic rings. The number of nitrogens with zero attached hydrogens (tertiary/aromatic N) is 2. The van der Waals surface area contributed by atoms with Gasteiger partial charge in [0.2, 0.25) is 0 Å². The van der Waals surface area contributed by atoms with E-state index < -0.39 is 0 Å². The number of thiocarbonyl (C=S) groups is 1. The van der Waals surface area contributed by atoms with Crippen LogP contribution in [-0.4, -0.2) is 17.9 Å². The first-order valence-corrected chi connectivity index (χ1v) is 4.69. The highest BCUT2D eigenvalue weighted by Gasteiger charge is 2.01. The van der Waals surface area contributed by atoms with Gasteiger partial charge in [0.05, 0.1) is 17.4 Å². The summed E-state index contributed by atoms with van der Waals surface area (Å²) in [4.78, 5) is 8.02. The quantitative estimate of drug-likeness (QED) is 0.532. The average molecular weight is 200 g/mol. The van der Waals surface area contributed by atoms with Crippen LogP contribution in [0.25, 0.3) is 5.57 Å². The molecule has 2 nitrogen and oxygen atoms in total. The van der Waals surface area contributed by atoms with E-state index in [-0.39, 0.29) is 0 Å². The molecule has 1 aliphatic heterocycles. The molecule has 1 aromatic carbocycles. The van der Waals surface area contributed by atoms with Gasteiger partial charge in [-0.3, -0.25) is 4.99 Å². The number of aliphatic imine (C=N–C) groups is 2. The molecular formula is C11H8N2S. The highest BCUT2D eigenvalue weighted by atomic mass is 32.1. The van der Waals surface area contributed by atoms with Gasteiger partial charge in [0.15, 0.2) is 0 Å². The van der Waals surface area contributed by atoms with Crippen molar-refractivity contribution in [1.82, 2.24) is 0 Å². The first-order valence-electron chi connectivity index (χ1n) is 4.28. The summed E-state index contributed by atoms with van der Waals surface area (Å²) >= 11 is 4.52. The maximum absolute atomic E-state index is 4.52. The largest absolute Gasteiger partial charge is 0.288 e. The highest BCUT2D eigenvalue weighted by Crippen LogP contribution is 2.19. The fourth-order valence-corrected chi connectivity index (χ4v) is 1.43. The Labute approximate surface area is 87.7 Å². The van der Waals surface area contributed by atoms with Crippen molar-refractivity contribution < 1.29 is 0 Å². The van der Waals surface area contributed by atoms with Gasteiger partial charge in [-0.25, -0.2) is 0 Å². The monoisotopic (exact) mass is 200 g/mol. The van der Waals surface area contributed by atoms with Crippen molar-refractivity contribution in [1.29, 1.82) is 0 Å². The first-order chi connectivity index (χ1) is 6.90. The lowest BCUT2D eigenvalue weighted by molar-refractivity contribution is 1.29. The molecule has 0 aliphatic carbocycles. The summed E-state index contributed by atoms with van der Waals surface area (Å²) in [5.41, 5.74) is 3.16.